The van der Waals surface area contributed by atoms with E-state index in [1.54, 1.807) is 12.1 Å². The van der Waals surface area contributed by atoms with Crippen molar-refractivity contribution in [3.63, 3.8) is 0 Å². The van der Waals surface area contributed by atoms with E-state index >= 15 is 0 Å². The maximum Gasteiger partial charge on any atom is 0.117 e. The van der Waals surface area contributed by atoms with Gasteiger partial charge in [-0.1, -0.05) is 15.9 Å². The fourth-order valence-electron chi connectivity index (χ4n) is 0.859. The van der Waals surface area contributed by atoms with Crippen molar-refractivity contribution in [1.29, 1.82) is 0 Å². The molecule has 0 radical (unpaired) electrons. The van der Waals surface area contributed by atoms with Crippen LogP contribution in [0, 0.1) is 0 Å². The minimum atomic E-state index is -0.0431. The maximum atomic E-state index is 9.16. The molecule has 0 aliphatic rings. The molecular weight excluding hydrogens is 206 g/mol. The monoisotopic (exact) mass is 215 g/mol. The second-order valence-electron chi connectivity index (χ2n) is 2.53. The second-order valence-corrected chi connectivity index (χ2v) is 3.45. The van der Waals surface area contributed by atoms with Crippen molar-refractivity contribution < 1.29 is 5.11 Å². The smallest absolute Gasteiger partial charge is 0.117 e. The quantitative estimate of drug-likeness (QED) is 0.755. The van der Waals surface area contributed by atoms with E-state index in [0.29, 0.717) is 0 Å². The van der Waals surface area contributed by atoms with Crippen LogP contribution >= 0.6 is 15.9 Å². The summed E-state index contributed by atoms with van der Waals surface area (Å²) in [4.78, 5) is 0. The number of hydrogen-bond donors (Lipinski definition) is 2. The Morgan fingerprint density at radius 3 is 2.55 bits per heavy atom. The van der Waals surface area contributed by atoms with Crippen LogP contribution in [0.4, 0.5) is 0 Å². The Bertz CT molecular complexity index is 240. The Balaban J connectivity index is 3.08. The van der Waals surface area contributed by atoms with Gasteiger partial charge in [0, 0.05) is 10.5 Å². The van der Waals surface area contributed by atoms with Crippen molar-refractivity contribution in [2.24, 2.45) is 5.73 Å². The third-order valence-corrected chi connectivity index (χ3v) is 1.89. The highest BCUT2D eigenvalue weighted by molar-refractivity contribution is 9.10. The Hall–Kier alpha value is -0.540. The third-order valence-electron chi connectivity index (χ3n) is 1.43. The molecule has 1 atom stereocenters. The molecule has 0 heterocycles. The first kappa shape index (κ1) is 8.56. The first-order chi connectivity index (χ1) is 5.09. The fraction of sp³-hybridized carbons (Fsp3) is 0.250. The number of phenols is 1. The zero-order valence-corrected chi connectivity index (χ0v) is 7.80. The first-order valence-electron chi connectivity index (χ1n) is 3.34. The summed E-state index contributed by atoms with van der Waals surface area (Å²) in [5.41, 5.74) is 6.55. The van der Waals surface area contributed by atoms with E-state index in [2.05, 4.69) is 15.9 Å². The van der Waals surface area contributed by atoms with E-state index in [0.717, 1.165) is 10.0 Å². The van der Waals surface area contributed by atoms with Crippen LogP contribution < -0.4 is 5.73 Å². The van der Waals surface area contributed by atoms with Crippen molar-refractivity contribution >= 4 is 15.9 Å². The Kier molecular flexibility index (Phi) is 2.52. The average molecular weight is 216 g/mol. The van der Waals surface area contributed by atoms with Crippen molar-refractivity contribution in [3.8, 4) is 5.75 Å². The minimum Gasteiger partial charge on any atom is -0.508 e. The van der Waals surface area contributed by atoms with Gasteiger partial charge in [-0.05, 0) is 30.7 Å². The topological polar surface area (TPSA) is 46.2 Å². The summed E-state index contributed by atoms with van der Waals surface area (Å²) in [6.45, 7) is 1.88. The molecule has 2 nitrogen and oxygen atoms in total. The van der Waals surface area contributed by atoms with Crippen LogP contribution in [0.5, 0.6) is 5.75 Å². The molecule has 0 saturated heterocycles. The molecule has 60 valence electrons. The minimum absolute atomic E-state index is 0.0431. The predicted molar refractivity (Wildman–Crippen MR) is 48.4 cm³/mol. The predicted octanol–water partition coefficient (Wildman–Crippen LogP) is 2.17. The summed E-state index contributed by atoms with van der Waals surface area (Å²) in [5, 5.41) is 9.16. The highest BCUT2D eigenvalue weighted by Crippen LogP contribution is 2.22. The molecule has 11 heavy (non-hydrogen) atoms. The lowest BCUT2D eigenvalue weighted by Crippen LogP contribution is -2.04. The Morgan fingerprint density at radius 1 is 1.45 bits per heavy atom. The van der Waals surface area contributed by atoms with E-state index in [4.69, 9.17) is 10.8 Å². The largest absolute Gasteiger partial charge is 0.508 e. The Morgan fingerprint density at radius 2 is 2.09 bits per heavy atom. The molecule has 0 saturated carbocycles. The number of nitrogens with two attached hydrogens (primary N) is 1. The van der Waals surface area contributed by atoms with Gasteiger partial charge in [-0.2, -0.15) is 0 Å². The summed E-state index contributed by atoms with van der Waals surface area (Å²) < 4.78 is 0.852. The van der Waals surface area contributed by atoms with E-state index in [1.807, 2.05) is 13.0 Å². The molecule has 0 bridgehead atoms. The second kappa shape index (κ2) is 3.24. The standard InChI is InChI=1S/C8H10BrNO/c1-5(10)6-2-7(9)4-8(11)3-6/h2-5,11H,10H2,1H3. The lowest BCUT2D eigenvalue weighted by Gasteiger charge is -2.05. The van der Waals surface area contributed by atoms with Gasteiger partial charge in [-0.25, -0.2) is 0 Å². The van der Waals surface area contributed by atoms with Crippen molar-refractivity contribution in [2.75, 3.05) is 0 Å². The van der Waals surface area contributed by atoms with Gasteiger partial charge in [0.15, 0.2) is 0 Å². The molecule has 3 N–H and O–H groups in total. The van der Waals surface area contributed by atoms with Crippen LogP contribution in [0.3, 0.4) is 0 Å². The van der Waals surface area contributed by atoms with Gasteiger partial charge in [0.05, 0.1) is 0 Å². The van der Waals surface area contributed by atoms with Gasteiger partial charge in [-0.15, -0.1) is 0 Å². The van der Waals surface area contributed by atoms with E-state index in [9.17, 15) is 0 Å². The van der Waals surface area contributed by atoms with Gasteiger partial charge in [-0.3, -0.25) is 0 Å². The van der Waals surface area contributed by atoms with E-state index in [1.165, 1.54) is 0 Å². The molecule has 1 aromatic rings. The zero-order valence-electron chi connectivity index (χ0n) is 6.21. The van der Waals surface area contributed by atoms with Crippen LogP contribution in [0.2, 0.25) is 0 Å². The highest BCUT2D eigenvalue weighted by Gasteiger charge is 2.01. The zero-order chi connectivity index (χ0) is 8.43. The molecule has 0 fully saturated rings. The summed E-state index contributed by atoms with van der Waals surface area (Å²) >= 11 is 3.27. The van der Waals surface area contributed by atoms with Crippen LogP contribution in [0.25, 0.3) is 0 Å². The van der Waals surface area contributed by atoms with Gasteiger partial charge in [0.2, 0.25) is 0 Å². The molecule has 0 aliphatic carbocycles. The van der Waals surface area contributed by atoms with Gasteiger partial charge < -0.3 is 10.8 Å². The molecule has 1 aromatic carbocycles. The molecule has 1 unspecified atom stereocenters. The molecule has 0 amide bonds. The Labute approximate surface area is 74.2 Å². The summed E-state index contributed by atoms with van der Waals surface area (Å²) in [7, 11) is 0. The molecule has 1 rings (SSSR count). The summed E-state index contributed by atoms with van der Waals surface area (Å²) in [6, 6.07) is 5.14. The first-order valence-corrected chi connectivity index (χ1v) is 4.14. The van der Waals surface area contributed by atoms with E-state index < -0.39 is 0 Å². The van der Waals surface area contributed by atoms with Crippen LogP contribution in [-0.4, -0.2) is 5.11 Å². The van der Waals surface area contributed by atoms with Gasteiger partial charge in [0.25, 0.3) is 0 Å². The number of benzene rings is 1. The number of halogens is 1. The van der Waals surface area contributed by atoms with Crippen LogP contribution in [0.15, 0.2) is 22.7 Å². The maximum absolute atomic E-state index is 9.16. The average Bonchev–Trinajstić information content (AvgIpc) is 1.85. The number of rotatable bonds is 1. The molecular formula is C8H10BrNO. The van der Waals surface area contributed by atoms with Gasteiger partial charge in [0.1, 0.15) is 5.75 Å². The van der Waals surface area contributed by atoms with Crippen LogP contribution in [0.1, 0.15) is 18.5 Å². The number of hydrogen-bond acceptors (Lipinski definition) is 2. The summed E-state index contributed by atoms with van der Waals surface area (Å²) in [5.74, 6) is 0.242. The highest BCUT2D eigenvalue weighted by atomic mass is 79.9. The fourth-order valence-corrected chi connectivity index (χ4v) is 1.36. The van der Waals surface area contributed by atoms with Crippen molar-refractivity contribution in [2.45, 2.75) is 13.0 Å². The summed E-state index contributed by atoms with van der Waals surface area (Å²) in [6.07, 6.45) is 0. The lowest BCUT2D eigenvalue weighted by molar-refractivity contribution is 0.473. The number of aromatic hydroxyl groups is 1. The van der Waals surface area contributed by atoms with Crippen molar-refractivity contribution in [1.82, 2.24) is 0 Å². The SMILES string of the molecule is CC(N)c1cc(O)cc(Br)c1. The molecule has 0 spiro atoms. The molecule has 0 aromatic heterocycles. The molecule has 3 heteroatoms. The van der Waals surface area contributed by atoms with Crippen LogP contribution in [-0.2, 0) is 0 Å². The van der Waals surface area contributed by atoms with E-state index in [-0.39, 0.29) is 11.8 Å². The lowest BCUT2D eigenvalue weighted by atomic mass is 10.1. The number of phenolic OH excluding ortho intramolecular Hbond substituents is 1. The third kappa shape index (κ3) is 2.20. The van der Waals surface area contributed by atoms with Gasteiger partial charge >= 0.3 is 0 Å². The molecule has 0 aliphatic heterocycles. The normalized spacial score (nSPS) is 13.0. The van der Waals surface area contributed by atoms with Crippen molar-refractivity contribution in [3.05, 3.63) is 28.2 Å².